The Balaban J connectivity index is 2.10. The second-order valence-corrected chi connectivity index (χ2v) is 4.06. The first kappa shape index (κ1) is 10.6. The molecule has 3 nitrogen and oxygen atoms in total. The Bertz CT molecular complexity index is 695. The van der Waals surface area contributed by atoms with Gasteiger partial charge >= 0.3 is 0 Å². The molecule has 0 fully saturated rings. The van der Waals surface area contributed by atoms with E-state index in [-0.39, 0.29) is 5.78 Å². The summed E-state index contributed by atoms with van der Waals surface area (Å²) in [6.07, 6.45) is 0. The maximum absolute atomic E-state index is 12.3. The standard InChI is InChI=1S/C15H11NO2/c16-12-7-3-2-6-11(12)15(17)14-9-10-5-1-4-8-13(10)18-14/h1-9H,16H2. The molecule has 0 aliphatic rings. The molecule has 3 rings (SSSR count). The molecular formula is C15H11NO2. The number of hydrogen-bond acceptors (Lipinski definition) is 3. The van der Waals surface area contributed by atoms with E-state index in [4.69, 9.17) is 10.2 Å². The topological polar surface area (TPSA) is 56.2 Å². The van der Waals surface area contributed by atoms with E-state index in [1.54, 1.807) is 30.3 Å². The van der Waals surface area contributed by atoms with Crippen molar-refractivity contribution in [1.29, 1.82) is 0 Å². The number of furan rings is 1. The number of para-hydroxylation sites is 2. The Morgan fingerprint density at radius 3 is 2.50 bits per heavy atom. The summed E-state index contributed by atoms with van der Waals surface area (Å²) >= 11 is 0. The minimum atomic E-state index is -0.190. The van der Waals surface area contributed by atoms with Gasteiger partial charge in [-0.3, -0.25) is 4.79 Å². The summed E-state index contributed by atoms with van der Waals surface area (Å²) in [4.78, 5) is 12.3. The van der Waals surface area contributed by atoms with Gasteiger partial charge in [0.05, 0.1) is 0 Å². The number of ketones is 1. The number of hydrogen-bond donors (Lipinski definition) is 1. The van der Waals surface area contributed by atoms with Gasteiger partial charge in [-0.2, -0.15) is 0 Å². The van der Waals surface area contributed by atoms with Gasteiger partial charge in [-0.1, -0.05) is 30.3 Å². The van der Waals surface area contributed by atoms with Crippen LogP contribution in [0.15, 0.2) is 59.0 Å². The minimum absolute atomic E-state index is 0.190. The molecule has 3 aromatic rings. The molecule has 0 radical (unpaired) electrons. The van der Waals surface area contributed by atoms with E-state index in [2.05, 4.69) is 0 Å². The fourth-order valence-corrected chi connectivity index (χ4v) is 1.93. The quantitative estimate of drug-likeness (QED) is 0.549. The van der Waals surface area contributed by atoms with Gasteiger partial charge < -0.3 is 10.2 Å². The Morgan fingerprint density at radius 2 is 1.72 bits per heavy atom. The first-order chi connectivity index (χ1) is 8.75. The molecule has 0 aliphatic heterocycles. The lowest BCUT2D eigenvalue weighted by Gasteiger charge is -2.01. The van der Waals surface area contributed by atoms with Crippen molar-refractivity contribution in [2.45, 2.75) is 0 Å². The van der Waals surface area contributed by atoms with Gasteiger partial charge in [0.25, 0.3) is 0 Å². The van der Waals surface area contributed by atoms with E-state index in [0.717, 1.165) is 5.39 Å². The molecule has 18 heavy (non-hydrogen) atoms. The zero-order chi connectivity index (χ0) is 12.5. The first-order valence-electron chi connectivity index (χ1n) is 5.63. The summed E-state index contributed by atoms with van der Waals surface area (Å²) in [5.41, 5.74) is 7.42. The van der Waals surface area contributed by atoms with Crippen LogP contribution in [0.3, 0.4) is 0 Å². The molecule has 0 saturated carbocycles. The van der Waals surface area contributed by atoms with Crippen LogP contribution in [0.1, 0.15) is 16.1 Å². The van der Waals surface area contributed by atoms with Crippen molar-refractivity contribution >= 4 is 22.4 Å². The number of carbonyl (C=O) groups excluding carboxylic acids is 1. The Labute approximate surface area is 104 Å². The summed E-state index contributed by atoms with van der Waals surface area (Å²) < 4.78 is 5.53. The summed E-state index contributed by atoms with van der Waals surface area (Å²) in [6, 6.07) is 16.2. The van der Waals surface area contributed by atoms with Crippen molar-refractivity contribution in [3.8, 4) is 0 Å². The molecule has 1 heterocycles. The van der Waals surface area contributed by atoms with Crippen LogP contribution in [0.4, 0.5) is 5.69 Å². The molecule has 0 atom stereocenters. The SMILES string of the molecule is Nc1ccccc1C(=O)c1cc2ccccc2o1. The molecule has 0 unspecified atom stereocenters. The maximum atomic E-state index is 12.3. The third kappa shape index (κ3) is 1.66. The van der Waals surface area contributed by atoms with Gasteiger partial charge in [-0.25, -0.2) is 0 Å². The lowest BCUT2D eigenvalue weighted by atomic mass is 10.1. The lowest BCUT2D eigenvalue weighted by molar-refractivity contribution is 0.101. The minimum Gasteiger partial charge on any atom is -0.453 e. The van der Waals surface area contributed by atoms with E-state index in [1.807, 2.05) is 24.3 Å². The van der Waals surface area contributed by atoms with E-state index in [1.165, 1.54) is 0 Å². The van der Waals surface area contributed by atoms with Crippen LogP contribution in [0.25, 0.3) is 11.0 Å². The highest BCUT2D eigenvalue weighted by Gasteiger charge is 2.16. The summed E-state index contributed by atoms with van der Waals surface area (Å²) in [5, 5.41) is 0.912. The zero-order valence-electron chi connectivity index (χ0n) is 9.59. The zero-order valence-corrected chi connectivity index (χ0v) is 9.59. The van der Waals surface area contributed by atoms with Crippen LogP contribution >= 0.6 is 0 Å². The normalized spacial score (nSPS) is 10.7. The van der Waals surface area contributed by atoms with Gasteiger partial charge in [-0.05, 0) is 24.3 Å². The molecule has 1 aromatic heterocycles. The van der Waals surface area contributed by atoms with E-state index >= 15 is 0 Å². The van der Waals surface area contributed by atoms with Gasteiger partial charge in [0.15, 0.2) is 5.76 Å². The molecule has 0 bridgehead atoms. The van der Waals surface area contributed by atoms with Crippen molar-refractivity contribution in [2.75, 3.05) is 5.73 Å². The smallest absolute Gasteiger partial charge is 0.230 e. The number of rotatable bonds is 2. The van der Waals surface area contributed by atoms with Gasteiger partial charge in [-0.15, -0.1) is 0 Å². The Kier molecular flexibility index (Phi) is 2.38. The average Bonchev–Trinajstić information content (AvgIpc) is 2.82. The molecule has 0 saturated heterocycles. The maximum Gasteiger partial charge on any atom is 0.230 e. The second-order valence-electron chi connectivity index (χ2n) is 4.06. The van der Waals surface area contributed by atoms with Crippen LogP contribution in [0.5, 0.6) is 0 Å². The van der Waals surface area contributed by atoms with Gasteiger partial charge in [0.2, 0.25) is 5.78 Å². The Hall–Kier alpha value is -2.55. The van der Waals surface area contributed by atoms with Crippen LogP contribution in [-0.2, 0) is 0 Å². The molecule has 0 spiro atoms. The van der Waals surface area contributed by atoms with Gasteiger partial charge in [0, 0.05) is 16.6 Å². The molecule has 88 valence electrons. The average molecular weight is 237 g/mol. The molecular weight excluding hydrogens is 226 g/mol. The monoisotopic (exact) mass is 237 g/mol. The van der Waals surface area contributed by atoms with Crippen molar-refractivity contribution < 1.29 is 9.21 Å². The predicted octanol–water partition coefficient (Wildman–Crippen LogP) is 3.25. The van der Waals surface area contributed by atoms with Crippen molar-refractivity contribution in [1.82, 2.24) is 0 Å². The third-order valence-electron chi connectivity index (χ3n) is 2.85. The lowest BCUT2D eigenvalue weighted by Crippen LogP contribution is -2.03. The number of nitrogens with two attached hydrogens (primary N) is 1. The number of nitrogen functional groups attached to an aromatic ring is 1. The molecule has 2 N–H and O–H groups in total. The third-order valence-corrected chi connectivity index (χ3v) is 2.85. The van der Waals surface area contributed by atoms with Crippen molar-refractivity contribution in [2.24, 2.45) is 0 Å². The highest BCUT2D eigenvalue weighted by atomic mass is 16.3. The van der Waals surface area contributed by atoms with E-state index < -0.39 is 0 Å². The van der Waals surface area contributed by atoms with E-state index in [0.29, 0.717) is 22.6 Å². The number of benzene rings is 2. The summed E-state index contributed by atoms with van der Waals surface area (Å²) in [7, 11) is 0. The number of anilines is 1. The first-order valence-corrected chi connectivity index (χ1v) is 5.63. The summed E-state index contributed by atoms with van der Waals surface area (Å²) in [5.74, 6) is 0.124. The molecule has 0 amide bonds. The number of carbonyl (C=O) groups is 1. The van der Waals surface area contributed by atoms with Crippen LogP contribution in [-0.4, -0.2) is 5.78 Å². The highest BCUT2D eigenvalue weighted by Crippen LogP contribution is 2.23. The highest BCUT2D eigenvalue weighted by molar-refractivity contribution is 6.11. The van der Waals surface area contributed by atoms with Crippen LogP contribution in [0.2, 0.25) is 0 Å². The van der Waals surface area contributed by atoms with Crippen LogP contribution < -0.4 is 5.73 Å². The predicted molar refractivity (Wildman–Crippen MR) is 70.5 cm³/mol. The van der Waals surface area contributed by atoms with E-state index in [9.17, 15) is 4.79 Å². The largest absolute Gasteiger partial charge is 0.453 e. The fraction of sp³-hybridized carbons (Fsp3) is 0. The Morgan fingerprint density at radius 1 is 1.00 bits per heavy atom. The second kappa shape index (κ2) is 4.04. The molecule has 0 aliphatic carbocycles. The fourth-order valence-electron chi connectivity index (χ4n) is 1.93. The van der Waals surface area contributed by atoms with Crippen LogP contribution in [0, 0.1) is 0 Å². The molecule has 2 aromatic carbocycles. The van der Waals surface area contributed by atoms with Crippen molar-refractivity contribution in [3.05, 3.63) is 65.9 Å². The van der Waals surface area contributed by atoms with Crippen molar-refractivity contribution in [3.63, 3.8) is 0 Å². The van der Waals surface area contributed by atoms with Gasteiger partial charge in [0.1, 0.15) is 5.58 Å². The number of fused-ring (bicyclic) bond motifs is 1. The molecule has 3 heteroatoms. The summed E-state index contributed by atoms with van der Waals surface area (Å²) in [6.45, 7) is 0.